The largest absolute Gasteiger partial charge is 0.368 e. The second kappa shape index (κ2) is 5.92. The van der Waals surface area contributed by atoms with Gasteiger partial charge in [0.05, 0.1) is 11.9 Å². The fourth-order valence-corrected chi connectivity index (χ4v) is 2.87. The summed E-state index contributed by atoms with van der Waals surface area (Å²) in [5.41, 5.74) is 6.62. The van der Waals surface area contributed by atoms with E-state index in [1.807, 2.05) is 6.92 Å². The fourth-order valence-electron chi connectivity index (χ4n) is 2.60. The van der Waals surface area contributed by atoms with Gasteiger partial charge in [-0.1, -0.05) is 24.9 Å². The number of aryl methyl sites for hydroxylation is 1. The summed E-state index contributed by atoms with van der Waals surface area (Å²) in [6.07, 6.45) is 3.65. The van der Waals surface area contributed by atoms with Crippen molar-refractivity contribution < 1.29 is 0 Å². The number of halogens is 1. The van der Waals surface area contributed by atoms with Crippen LogP contribution in [-0.2, 0) is 6.54 Å². The van der Waals surface area contributed by atoms with Crippen molar-refractivity contribution in [3.05, 3.63) is 21.6 Å². The number of hydrogen-bond acceptors (Lipinski definition) is 4. The molecule has 0 saturated carbocycles. The monoisotopic (exact) mass is 284 g/mol. The third-order valence-corrected chi connectivity index (χ3v) is 4.28. The van der Waals surface area contributed by atoms with E-state index < -0.39 is 0 Å². The smallest absolute Gasteiger partial charge is 0.287 e. The lowest BCUT2D eigenvalue weighted by Gasteiger charge is -2.38. The van der Waals surface area contributed by atoms with Crippen LogP contribution >= 0.6 is 11.6 Å². The first kappa shape index (κ1) is 14.3. The molecule has 0 aliphatic carbocycles. The number of piperidine rings is 1. The van der Waals surface area contributed by atoms with Gasteiger partial charge in [0.1, 0.15) is 5.02 Å². The van der Waals surface area contributed by atoms with Gasteiger partial charge in [0.2, 0.25) is 0 Å². The zero-order valence-corrected chi connectivity index (χ0v) is 12.2. The molecule has 1 aromatic heterocycles. The molecule has 106 valence electrons. The highest BCUT2D eigenvalue weighted by atomic mass is 35.5. The quantitative estimate of drug-likeness (QED) is 0.913. The average molecular weight is 285 g/mol. The van der Waals surface area contributed by atoms with E-state index in [2.05, 4.69) is 16.9 Å². The minimum Gasteiger partial charge on any atom is -0.368 e. The van der Waals surface area contributed by atoms with Crippen LogP contribution in [0.1, 0.15) is 26.7 Å². The first-order chi connectivity index (χ1) is 9.08. The summed E-state index contributed by atoms with van der Waals surface area (Å²) >= 11 is 6.19. The Labute approximate surface area is 118 Å². The summed E-state index contributed by atoms with van der Waals surface area (Å²) < 4.78 is 1.37. The third kappa shape index (κ3) is 2.77. The van der Waals surface area contributed by atoms with Crippen LogP contribution in [0.4, 0.5) is 5.69 Å². The van der Waals surface area contributed by atoms with Crippen molar-refractivity contribution in [1.82, 2.24) is 9.78 Å². The number of nitrogens with two attached hydrogens (primary N) is 1. The van der Waals surface area contributed by atoms with E-state index in [0.29, 0.717) is 12.5 Å². The minimum atomic E-state index is -0.218. The molecular weight excluding hydrogens is 264 g/mol. The van der Waals surface area contributed by atoms with Gasteiger partial charge in [-0.05, 0) is 19.3 Å². The van der Waals surface area contributed by atoms with Crippen molar-refractivity contribution in [2.24, 2.45) is 11.7 Å². The molecule has 2 unspecified atom stereocenters. The molecule has 19 heavy (non-hydrogen) atoms. The third-order valence-electron chi connectivity index (χ3n) is 3.92. The van der Waals surface area contributed by atoms with Gasteiger partial charge in [0.25, 0.3) is 5.56 Å². The van der Waals surface area contributed by atoms with E-state index in [9.17, 15) is 4.79 Å². The number of aromatic nitrogens is 2. The molecule has 2 atom stereocenters. The maximum absolute atomic E-state index is 12.0. The summed E-state index contributed by atoms with van der Waals surface area (Å²) in [4.78, 5) is 14.1. The average Bonchev–Trinajstić information content (AvgIpc) is 2.43. The fraction of sp³-hybridized carbons (Fsp3) is 0.692. The van der Waals surface area contributed by atoms with Gasteiger partial charge in [-0.15, -0.1) is 0 Å². The van der Waals surface area contributed by atoms with E-state index in [-0.39, 0.29) is 16.6 Å². The number of rotatable bonds is 3. The predicted molar refractivity (Wildman–Crippen MR) is 77.8 cm³/mol. The molecule has 2 N–H and O–H groups in total. The lowest BCUT2D eigenvalue weighted by molar-refractivity contribution is 0.347. The van der Waals surface area contributed by atoms with Crippen molar-refractivity contribution in [1.29, 1.82) is 0 Å². The highest BCUT2D eigenvalue weighted by Crippen LogP contribution is 2.27. The van der Waals surface area contributed by atoms with E-state index in [0.717, 1.165) is 31.6 Å². The molecule has 0 aromatic carbocycles. The van der Waals surface area contributed by atoms with Gasteiger partial charge in [0.15, 0.2) is 0 Å². The first-order valence-corrected chi connectivity index (χ1v) is 7.22. The normalized spacial score (nSPS) is 23.7. The molecule has 0 radical (unpaired) electrons. The van der Waals surface area contributed by atoms with Crippen LogP contribution in [0, 0.1) is 5.92 Å². The van der Waals surface area contributed by atoms with Crippen LogP contribution in [0.5, 0.6) is 0 Å². The van der Waals surface area contributed by atoms with Crippen molar-refractivity contribution in [2.45, 2.75) is 39.3 Å². The molecule has 2 heterocycles. The Morgan fingerprint density at radius 1 is 1.53 bits per heavy atom. The van der Waals surface area contributed by atoms with E-state index >= 15 is 0 Å². The summed E-state index contributed by atoms with van der Waals surface area (Å²) in [6, 6.07) is 0.240. The lowest BCUT2D eigenvalue weighted by atomic mass is 9.90. The van der Waals surface area contributed by atoms with Gasteiger partial charge in [0, 0.05) is 25.7 Å². The first-order valence-electron chi connectivity index (χ1n) is 6.84. The SMILES string of the molecule is CCC1CN(c2cnn(CC)c(=O)c2Cl)CCC1N. The van der Waals surface area contributed by atoms with Crippen LogP contribution in [0.3, 0.4) is 0 Å². The molecule has 6 heteroatoms. The van der Waals surface area contributed by atoms with Crippen LogP contribution < -0.4 is 16.2 Å². The van der Waals surface area contributed by atoms with Gasteiger partial charge in [-0.3, -0.25) is 4.79 Å². The van der Waals surface area contributed by atoms with Crippen molar-refractivity contribution in [3.8, 4) is 0 Å². The molecule has 1 fully saturated rings. The van der Waals surface area contributed by atoms with Crippen LogP contribution in [0.2, 0.25) is 5.02 Å². The molecule has 1 aliphatic rings. The molecule has 1 saturated heterocycles. The Morgan fingerprint density at radius 2 is 2.26 bits per heavy atom. The van der Waals surface area contributed by atoms with E-state index in [1.165, 1.54) is 4.68 Å². The summed E-state index contributed by atoms with van der Waals surface area (Å²) in [5, 5.41) is 4.42. The molecule has 5 nitrogen and oxygen atoms in total. The molecule has 0 spiro atoms. The zero-order chi connectivity index (χ0) is 14.0. The van der Waals surface area contributed by atoms with Gasteiger partial charge >= 0.3 is 0 Å². The Morgan fingerprint density at radius 3 is 2.89 bits per heavy atom. The van der Waals surface area contributed by atoms with Crippen LogP contribution in [0.25, 0.3) is 0 Å². The number of hydrogen-bond donors (Lipinski definition) is 1. The lowest BCUT2D eigenvalue weighted by Crippen LogP contribution is -2.47. The molecular formula is C13H21ClN4O. The number of nitrogens with zero attached hydrogens (tertiary/aromatic N) is 3. The van der Waals surface area contributed by atoms with Crippen LogP contribution in [0.15, 0.2) is 11.0 Å². The molecule has 1 aliphatic heterocycles. The molecule has 0 amide bonds. The maximum atomic E-state index is 12.0. The van der Waals surface area contributed by atoms with Gasteiger partial charge in [-0.25, -0.2) is 4.68 Å². The van der Waals surface area contributed by atoms with Gasteiger partial charge in [-0.2, -0.15) is 5.10 Å². The minimum absolute atomic E-state index is 0.218. The van der Waals surface area contributed by atoms with Crippen molar-refractivity contribution in [3.63, 3.8) is 0 Å². The Balaban J connectivity index is 2.28. The topological polar surface area (TPSA) is 64.2 Å². The highest BCUT2D eigenvalue weighted by Gasteiger charge is 2.27. The number of anilines is 1. The second-order valence-electron chi connectivity index (χ2n) is 5.03. The molecule has 0 bridgehead atoms. The summed E-state index contributed by atoms with van der Waals surface area (Å²) in [5.74, 6) is 0.443. The maximum Gasteiger partial charge on any atom is 0.287 e. The van der Waals surface area contributed by atoms with Crippen molar-refractivity contribution in [2.75, 3.05) is 18.0 Å². The molecule has 2 rings (SSSR count). The standard InChI is InChI=1S/C13H21ClN4O/c1-3-9-8-17(6-5-10(9)15)11-7-16-18(4-2)13(19)12(11)14/h7,9-10H,3-6,8,15H2,1-2H3. The van der Waals surface area contributed by atoms with E-state index in [4.69, 9.17) is 17.3 Å². The van der Waals surface area contributed by atoms with Gasteiger partial charge < -0.3 is 10.6 Å². The van der Waals surface area contributed by atoms with Crippen molar-refractivity contribution >= 4 is 17.3 Å². The molecule has 1 aromatic rings. The van der Waals surface area contributed by atoms with E-state index in [1.54, 1.807) is 6.20 Å². The Hall–Kier alpha value is -1.07. The second-order valence-corrected chi connectivity index (χ2v) is 5.41. The van der Waals surface area contributed by atoms with Crippen LogP contribution in [-0.4, -0.2) is 28.9 Å². The highest BCUT2D eigenvalue weighted by molar-refractivity contribution is 6.33. The Bertz CT molecular complexity index is 502. The zero-order valence-electron chi connectivity index (χ0n) is 11.5. The summed E-state index contributed by atoms with van der Waals surface area (Å²) in [7, 11) is 0. The Kier molecular flexibility index (Phi) is 4.47. The predicted octanol–water partition coefficient (Wildman–Crippen LogP) is 1.48. The summed E-state index contributed by atoms with van der Waals surface area (Å²) in [6.45, 7) is 6.21.